The summed E-state index contributed by atoms with van der Waals surface area (Å²) >= 11 is 0. The van der Waals surface area contributed by atoms with E-state index in [0.29, 0.717) is 17.8 Å². The van der Waals surface area contributed by atoms with Gasteiger partial charge in [0.25, 0.3) is 5.69 Å². The molecule has 1 N–H and O–H groups in total. The highest BCUT2D eigenvalue weighted by molar-refractivity contribution is 5.63. The number of nitro groups is 1. The van der Waals surface area contributed by atoms with Crippen LogP contribution in [0.3, 0.4) is 0 Å². The maximum Gasteiger partial charge on any atom is 0.293 e. The van der Waals surface area contributed by atoms with Gasteiger partial charge in [0, 0.05) is 12.6 Å². The van der Waals surface area contributed by atoms with Crippen LogP contribution in [0.5, 0.6) is 0 Å². The number of nitriles is 1. The Labute approximate surface area is 93.9 Å². The van der Waals surface area contributed by atoms with Gasteiger partial charge in [-0.05, 0) is 18.6 Å². The Morgan fingerprint density at radius 3 is 2.88 bits per heavy atom. The molecule has 1 aromatic rings. The van der Waals surface area contributed by atoms with E-state index in [1.807, 2.05) is 6.07 Å². The van der Waals surface area contributed by atoms with E-state index in [1.54, 1.807) is 12.1 Å². The van der Waals surface area contributed by atoms with Crippen LogP contribution in [0.25, 0.3) is 0 Å². The van der Waals surface area contributed by atoms with E-state index in [4.69, 9.17) is 5.26 Å². The van der Waals surface area contributed by atoms with Gasteiger partial charge in [-0.2, -0.15) is 5.26 Å². The third-order valence-corrected chi connectivity index (χ3v) is 2.17. The maximum absolute atomic E-state index is 10.8. The number of nitrogens with zero attached hydrogens (tertiary/aromatic N) is 2. The fraction of sp³-hybridized carbons (Fsp3) is 0.364. The average molecular weight is 219 g/mol. The predicted molar refractivity (Wildman–Crippen MR) is 61.2 cm³/mol. The molecule has 5 nitrogen and oxygen atoms in total. The van der Waals surface area contributed by atoms with E-state index < -0.39 is 4.92 Å². The van der Waals surface area contributed by atoms with Gasteiger partial charge in [-0.25, -0.2) is 0 Å². The molecule has 0 unspecified atom stereocenters. The first-order valence-corrected chi connectivity index (χ1v) is 5.11. The first-order valence-electron chi connectivity index (χ1n) is 5.11. The number of nitrogens with one attached hydrogen (secondary N) is 1. The lowest BCUT2D eigenvalue weighted by atomic mass is 10.2. The zero-order valence-electron chi connectivity index (χ0n) is 9.06. The minimum Gasteiger partial charge on any atom is -0.379 e. The summed E-state index contributed by atoms with van der Waals surface area (Å²) in [5.41, 5.74) is 0.723. The summed E-state index contributed by atoms with van der Waals surface area (Å²) in [6.07, 6.45) is 1.98. The van der Waals surface area contributed by atoms with Gasteiger partial charge in [0.1, 0.15) is 5.69 Å². The Kier molecular flexibility index (Phi) is 4.28. The first-order chi connectivity index (χ1) is 7.69. The molecular formula is C11H13N3O2. The molecule has 0 bridgehead atoms. The minimum atomic E-state index is -0.477. The Bertz CT molecular complexity index is 424. The van der Waals surface area contributed by atoms with Gasteiger partial charge in [-0.15, -0.1) is 0 Å². The van der Waals surface area contributed by atoms with Crippen molar-refractivity contribution >= 4 is 11.4 Å². The summed E-state index contributed by atoms with van der Waals surface area (Å²) in [5.74, 6) is 0. The third-order valence-electron chi connectivity index (χ3n) is 2.17. The van der Waals surface area contributed by atoms with Gasteiger partial charge in [0.15, 0.2) is 0 Å². The molecule has 0 aliphatic rings. The Morgan fingerprint density at radius 2 is 2.31 bits per heavy atom. The molecule has 0 aromatic heterocycles. The van der Waals surface area contributed by atoms with Crippen molar-refractivity contribution in [1.29, 1.82) is 5.26 Å². The normalized spacial score (nSPS) is 9.50. The van der Waals surface area contributed by atoms with Crippen molar-refractivity contribution < 1.29 is 4.92 Å². The van der Waals surface area contributed by atoms with Crippen molar-refractivity contribution in [2.75, 3.05) is 11.9 Å². The number of hydrogen-bond acceptors (Lipinski definition) is 4. The minimum absolute atomic E-state index is 0.0462. The highest BCUT2D eigenvalue weighted by Crippen LogP contribution is 2.25. The van der Waals surface area contributed by atoms with Crippen LogP contribution in [0.15, 0.2) is 18.2 Å². The molecule has 0 saturated carbocycles. The van der Waals surface area contributed by atoms with Crippen molar-refractivity contribution in [2.45, 2.75) is 19.8 Å². The molecule has 5 heteroatoms. The van der Waals surface area contributed by atoms with E-state index in [-0.39, 0.29) is 5.69 Å². The van der Waals surface area contributed by atoms with Crippen LogP contribution in [0.4, 0.5) is 11.4 Å². The van der Waals surface area contributed by atoms with Crippen molar-refractivity contribution in [3.63, 3.8) is 0 Å². The molecule has 0 aliphatic heterocycles. The summed E-state index contributed by atoms with van der Waals surface area (Å²) < 4.78 is 0. The van der Waals surface area contributed by atoms with Crippen LogP contribution in [-0.2, 0) is 0 Å². The van der Waals surface area contributed by atoms with Gasteiger partial charge in [-0.1, -0.05) is 13.3 Å². The second-order valence-corrected chi connectivity index (χ2v) is 3.38. The molecule has 0 spiro atoms. The largest absolute Gasteiger partial charge is 0.379 e. The van der Waals surface area contributed by atoms with Crippen LogP contribution in [-0.4, -0.2) is 11.5 Å². The van der Waals surface area contributed by atoms with Crippen LogP contribution >= 0.6 is 0 Å². The van der Waals surface area contributed by atoms with Gasteiger partial charge >= 0.3 is 0 Å². The summed E-state index contributed by atoms with van der Waals surface area (Å²) in [6.45, 7) is 2.75. The standard InChI is InChI=1S/C11H13N3O2/c1-2-3-6-13-10-5-4-9(8-12)7-11(10)14(15)16/h4-5,7,13H,2-3,6H2,1H3. The molecule has 1 aromatic carbocycles. The molecule has 0 saturated heterocycles. The molecule has 0 heterocycles. The fourth-order valence-electron chi connectivity index (χ4n) is 1.30. The second-order valence-electron chi connectivity index (χ2n) is 3.38. The average Bonchev–Trinajstić information content (AvgIpc) is 2.29. The van der Waals surface area contributed by atoms with E-state index in [2.05, 4.69) is 12.2 Å². The molecule has 0 radical (unpaired) electrons. The Hall–Kier alpha value is -2.09. The van der Waals surface area contributed by atoms with Crippen LogP contribution in [0.2, 0.25) is 0 Å². The fourth-order valence-corrected chi connectivity index (χ4v) is 1.30. The number of anilines is 1. The zero-order chi connectivity index (χ0) is 12.0. The first kappa shape index (κ1) is 12.0. The molecule has 1 rings (SSSR count). The lowest BCUT2D eigenvalue weighted by molar-refractivity contribution is -0.384. The second kappa shape index (κ2) is 5.71. The Balaban J connectivity index is 2.91. The van der Waals surface area contributed by atoms with Crippen LogP contribution in [0, 0.1) is 21.4 Å². The number of benzene rings is 1. The summed E-state index contributed by atoms with van der Waals surface area (Å²) in [7, 11) is 0. The molecule has 0 amide bonds. The lowest BCUT2D eigenvalue weighted by Crippen LogP contribution is -2.04. The number of rotatable bonds is 5. The van der Waals surface area contributed by atoms with Crippen molar-refractivity contribution in [1.82, 2.24) is 0 Å². The van der Waals surface area contributed by atoms with Gasteiger partial charge in [0.05, 0.1) is 16.6 Å². The van der Waals surface area contributed by atoms with E-state index >= 15 is 0 Å². The van der Waals surface area contributed by atoms with E-state index in [1.165, 1.54) is 6.07 Å². The van der Waals surface area contributed by atoms with Gasteiger partial charge in [0.2, 0.25) is 0 Å². The topological polar surface area (TPSA) is 79.0 Å². The van der Waals surface area contributed by atoms with Gasteiger partial charge < -0.3 is 5.32 Å². The highest BCUT2D eigenvalue weighted by Gasteiger charge is 2.13. The van der Waals surface area contributed by atoms with Crippen molar-refractivity contribution in [3.8, 4) is 6.07 Å². The smallest absolute Gasteiger partial charge is 0.293 e. The van der Waals surface area contributed by atoms with Crippen LogP contribution < -0.4 is 5.32 Å². The molecule has 0 aliphatic carbocycles. The molecule has 16 heavy (non-hydrogen) atoms. The quantitative estimate of drug-likeness (QED) is 0.469. The molecule has 84 valence electrons. The SMILES string of the molecule is CCCCNc1ccc(C#N)cc1[N+](=O)[O-]. The van der Waals surface area contributed by atoms with E-state index in [9.17, 15) is 10.1 Å². The Morgan fingerprint density at radius 1 is 1.56 bits per heavy atom. The lowest BCUT2D eigenvalue weighted by Gasteiger charge is -2.06. The molecule has 0 atom stereocenters. The number of unbranched alkanes of at least 4 members (excludes halogenated alkanes) is 1. The zero-order valence-corrected chi connectivity index (χ0v) is 9.06. The summed E-state index contributed by atoms with van der Waals surface area (Å²) in [4.78, 5) is 10.3. The summed E-state index contributed by atoms with van der Waals surface area (Å²) in [5, 5.41) is 22.4. The predicted octanol–water partition coefficient (Wildman–Crippen LogP) is 2.68. The molecule has 0 fully saturated rings. The summed E-state index contributed by atoms with van der Waals surface area (Å²) in [6, 6.07) is 6.32. The van der Waals surface area contributed by atoms with Crippen molar-refractivity contribution in [3.05, 3.63) is 33.9 Å². The van der Waals surface area contributed by atoms with Crippen LogP contribution in [0.1, 0.15) is 25.3 Å². The highest BCUT2D eigenvalue weighted by atomic mass is 16.6. The number of hydrogen-bond donors (Lipinski definition) is 1. The monoisotopic (exact) mass is 219 g/mol. The third kappa shape index (κ3) is 2.95. The van der Waals surface area contributed by atoms with Crippen molar-refractivity contribution in [2.24, 2.45) is 0 Å². The maximum atomic E-state index is 10.8. The number of nitro benzene ring substituents is 1. The van der Waals surface area contributed by atoms with E-state index in [0.717, 1.165) is 12.8 Å². The van der Waals surface area contributed by atoms with Gasteiger partial charge in [-0.3, -0.25) is 10.1 Å². The molecular weight excluding hydrogens is 206 g/mol.